The standard InChI is InChI=1S/C27H31N5O3/c1-2-3-4-27(35)21-5-7-22(8-6-21)28-29-23-9-11-24(12-10-23)30-31-25-13-15-26(16-14-25)32(17-19-33)18-20-34/h5-16,33-34H,2-4,17-20H2,1H3. The number of ketones is 1. The van der Waals surface area contributed by atoms with Crippen molar-refractivity contribution in [2.24, 2.45) is 20.5 Å². The van der Waals surface area contributed by atoms with Crippen LogP contribution in [-0.4, -0.2) is 42.3 Å². The Morgan fingerprint density at radius 2 is 1.09 bits per heavy atom. The molecule has 0 spiro atoms. The van der Waals surface area contributed by atoms with Crippen LogP contribution in [0.1, 0.15) is 36.5 Å². The highest BCUT2D eigenvalue weighted by molar-refractivity contribution is 5.96. The molecule has 3 rings (SSSR count). The summed E-state index contributed by atoms with van der Waals surface area (Å²) in [6.07, 6.45) is 2.47. The monoisotopic (exact) mass is 473 g/mol. The molecular weight excluding hydrogens is 442 g/mol. The second kappa shape index (κ2) is 13.8. The van der Waals surface area contributed by atoms with Gasteiger partial charge in [-0.25, -0.2) is 0 Å². The van der Waals surface area contributed by atoms with Crippen LogP contribution in [0.2, 0.25) is 0 Å². The maximum atomic E-state index is 12.1. The molecule has 0 aliphatic carbocycles. The van der Waals surface area contributed by atoms with Crippen molar-refractivity contribution in [2.75, 3.05) is 31.2 Å². The zero-order valence-electron chi connectivity index (χ0n) is 19.9. The van der Waals surface area contributed by atoms with Crippen LogP contribution in [0.3, 0.4) is 0 Å². The zero-order chi connectivity index (χ0) is 24.9. The van der Waals surface area contributed by atoms with Crippen LogP contribution in [0.4, 0.5) is 28.4 Å². The number of aliphatic hydroxyl groups is 2. The van der Waals surface area contributed by atoms with Gasteiger partial charge in [-0.05, 0) is 79.2 Å². The summed E-state index contributed by atoms with van der Waals surface area (Å²) < 4.78 is 0. The molecule has 0 saturated heterocycles. The van der Waals surface area contributed by atoms with Gasteiger partial charge in [-0.1, -0.05) is 13.3 Å². The van der Waals surface area contributed by atoms with E-state index in [2.05, 4.69) is 27.4 Å². The Balaban J connectivity index is 1.57. The van der Waals surface area contributed by atoms with Gasteiger partial charge in [0.1, 0.15) is 0 Å². The lowest BCUT2D eigenvalue weighted by atomic mass is 10.1. The summed E-state index contributed by atoms with van der Waals surface area (Å²) in [7, 11) is 0. The quantitative estimate of drug-likeness (QED) is 0.213. The van der Waals surface area contributed by atoms with Crippen LogP contribution in [-0.2, 0) is 0 Å². The fourth-order valence-corrected chi connectivity index (χ4v) is 3.35. The Labute approximate surface area is 205 Å². The predicted molar refractivity (Wildman–Crippen MR) is 138 cm³/mol. The topological polar surface area (TPSA) is 110 Å². The number of hydrogen-bond donors (Lipinski definition) is 2. The molecule has 0 saturated carbocycles. The van der Waals surface area contributed by atoms with Crippen LogP contribution in [0.25, 0.3) is 0 Å². The Hall–Kier alpha value is -3.75. The molecule has 3 aromatic carbocycles. The molecule has 35 heavy (non-hydrogen) atoms. The van der Waals surface area contributed by atoms with Crippen molar-refractivity contribution in [3.05, 3.63) is 78.4 Å². The molecule has 0 atom stereocenters. The van der Waals surface area contributed by atoms with E-state index in [1.807, 2.05) is 53.4 Å². The number of Topliss-reactive ketones (excluding diaryl/α,β-unsaturated/α-hetero) is 1. The zero-order valence-corrected chi connectivity index (χ0v) is 19.9. The summed E-state index contributed by atoms with van der Waals surface area (Å²) in [5.41, 5.74) is 4.35. The molecule has 182 valence electrons. The third-order valence-corrected chi connectivity index (χ3v) is 5.31. The van der Waals surface area contributed by atoms with Gasteiger partial charge in [0.15, 0.2) is 5.78 Å². The maximum absolute atomic E-state index is 12.1. The molecule has 8 heteroatoms. The van der Waals surface area contributed by atoms with Crippen molar-refractivity contribution in [3.63, 3.8) is 0 Å². The minimum absolute atomic E-state index is 0.0173. The van der Waals surface area contributed by atoms with Crippen molar-refractivity contribution < 1.29 is 15.0 Å². The van der Waals surface area contributed by atoms with Gasteiger partial charge in [0, 0.05) is 30.8 Å². The van der Waals surface area contributed by atoms with Gasteiger partial charge < -0.3 is 15.1 Å². The predicted octanol–water partition coefficient (Wildman–Crippen LogP) is 6.68. The molecule has 0 fully saturated rings. The fourth-order valence-electron chi connectivity index (χ4n) is 3.35. The van der Waals surface area contributed by atoms with Crippen molar-refractivity contribution in [2.45, 2.75) is 26.2 Å². The molecule has 0 unspecified atom stereocenters. The van der Waals surface area contributed by atoms with Crippen LogP contribution < -0.4 is 4.90 Å². The second-order valence-electron chi connectivity index (χ2n) is 7.94. The number of unbranched alkanes of at least 4 members (excludes halogenated alkanes) is 1. The normalized spacial score (nSPS) is 11.4. The van der Waals surface area contributed by atoms with E-state index in [-0.39, 0.29) is 19.0 Å². The summed E-state index contributed by atoms with van der Waals surface area (Å²) in [5.74, 6) is 0.154. The summed E-state index contributed by atoms with van der Waals surface area (Å²) in [6, 6.07) is 21.9. The molecule has 0 aliphatic rings. The molecule has 0 heterocycles. The van der Waals surface area contributed by atoms with E-state index in [1.54, 1.807) is 24.3 Å². The van der Waals surface area contributed by atoms with Crippen LogP contribution in [0.5, 0.6) is 0 Å². The highest BCUT2D eigenvalue weighted by atomic mass is 16.3. The third kappa shape index (κ3) is 8.20. The minimum Gasteiger partial charge on any atom is -0.395 e. The highest BCUT2D eigenvalue weighted by Crippen LogP contribution is 2.25. The number of carbonyl (C=O) groups excluding carboxylic acids is 1. The molecule has 0 aromatic heterocycles. The molecule has 2 N–H and O–H groups in total. The number of rotatable bonds is 13. The molecule has 0 amide bonds. The molecular formula is C27H31N5O3. The smallest absolute Gasteiger partial charge is 0.162 e. The first kappa shape index (κ1) is 25.9. The average Bonchev–Trinajstić information content (AvgIpc) is 2.90. The van der Waals surface area contributed by atoms with E-state index >= 15 is 0 Å². The van der Waals surface area contributed by atoms with E-state index in [1.165, 1.54) is 0 Å². The fraction of sp³-hybridized carbons (Fsp3) is 0.296. The van der Waals surface area contributed by atoms with E-state index < -0.39 is 0 Å². The Bertz CT molecular complexity index is 1110. The number of aliphatic hydroxyl groups excluding tert-OH is 2. The van der Waals surface area contributed by atoms with E-state index in [0.29, 0.717) is 47.8 Å². The van der Waals surface area contributed by atoms with Crippen LogP contribution >= 0.6 is 0 Å². The van der Waals surface area contributed by atoms with Crippen molar-refractivity contribution in [3.8, 4) is 0 Å². The molecule has 0 radical (unpaired) electrons. The Morgan fingerprint density at radius 3 is 1.49 bits per heavy atom. The highest BCUT2D eigenvalue weighted by Gasteiger charge is 2.06. The first-order valence-electron chi connectivity index (χ1n) is 11.8. The summed E-state index contributed by atoms with van der Waals surface area (Å²) in [6.45, 7) is 3.01. The third-order valence-electron chi connectivity index (χ3n) is 5.31. The number of carbonyl (C=O) groups is 1. The van der Waals surface area contributed by atoms with Gasteiger partial charge in [0.25, 0.3) is 0 Å². The lowest BCUT2D eigenvalue weighted by Gasteiger charge is -2.22. The maximum Gasteiger partial charge on any atom is 0.162 e. The number of benzene rings is 3. The van der Waals surface area contributed by atoms with Gasteiger partial charge in [-0.15, -0.1) is 0 Å². The lowest BCUT2D eigenvalue weighted by Crippen LogP contribution is -2.29. The SMILES string of the molecule is CCCCC(=O)c1ccc(N=Nc2ccc(N=Nc3ccc(N(CCO)CCO)cc3)cc2)cc1. The van der Waals surface area contributed by atoms with Crippen molar-refractivity contribution >= 4 is 34.2 Å². The van der Waals surface area contributed by atoms with Gasteiger partial charge in [-0.2, -0.15) is 20.5 Å². The van der Waals surface area contributed by atoms with Gasteiger partial charge in [-0.3, -0.25) is 4.79 Å². The van der Waals surface area contributed by atoms with Crippen LogP contribution in [0, 0.1) is 0 Å². The second-order valence-corrected chi connectivity index (χ2v) is 7.94. The average molecular weight is 474 g/mol. The largest absolute Gasteiger partial charge is 0.395 e. The van der Waals surface area contributed by atoms with E-state index in [0.717, 1.165) is 18.5 Å². The van der Waals surface area contributed by atoms with Gasteiger partial charge in [0.05, 0.1) is 36.0 Å². The van der Waals surface area contributed by atoms with Gasteiger partial charge in [0.2, 0.25) is 0 Å². The van der Waals surface area contributed by atoms with E-state index in [9.17, 15) is 15.0 Å². The first-order chi connectivity index (χ1) is 17.1. The van der Waals surface area contributed by atoms with Crippen molar-refractivity contribution in [1.82, 2.24) is 0 Å². The minimum atomic E-state index is 0.0173. The Kier molecular flexibility index (Phi) is 10.2. The molecule has 0 aliphatic heterocycles. The molecule has 8 nitrogen and oxygen atoms in total. The molecule has 0 bridgehead atoms. The van der Waals surface area contributed by atoms with Crippen molar-refractivity contribution in [1.29, 1.82) is 0 Å². The van der Waals surface area contributed by atoms with Gasteiger partial charge >= 0.3 is 0 Å². The van der Waals surface area contributed by atoms with Crippen LogP contribution in [0.15, 0.2) is 93.3 Å². The lowest BCUT2D eigenvalue weighted by molar-refractivity contribution is 0.0980. The number of hydrogen-bond acceptors (Lipinski definition) is 8. The summed E-state index contributed by atoms with van der Waals surface area (Å²) >= 11 is 0. The number of nitrogens with zero attached hydrogens (tertiary/aromatic N) is 5. The number of anilines is 1. The first-order valence-corrected chi connectivity index (χ1v) is 11.8. The molecule has 3 aromatic rings. The Morgan fingerprint density at radius 1 is 0.686 bits per heavy atom. The summed E-state index contributed by atoms with van der Waals surface area (Å²) in [4.78, 5) is 14.0. The van der Waals surface area contributed by atoms with E-state index in [4.69, 9.17) is 0 Å². The summed E-state index contributed by atoms with van der Waals surface area (Å²) in [5, 5.41) is 35.3. The number of azo groups is 2.